The molecule has 0 aliphatic carbocycles. The van der Waals surface area contributed by atoms with Gasteiger partial charge in [-0.3, -0.25) is 9.36 Å². The van der Waals surface area contributed by atoms with E-state index in [4.69, 9.17) is 14.2 Å². The summed E-state index contributed by atoms with van der Waals surface area (Å²) in [4.78, 5) is 32.1. The Morgan fingerprint density at radius 3 is 2.59 bits per heavy atom. The van der Waals surface area contributed by atoms with E-state index in [1.165, 1.54) is 11.3 Å². The summed E-state index contributed by atoms with van der Waals surface area (Å²) in [7, 11) is 0. The number of ether oxygens (including phenoxy) is 3. The van der Waals surface area contributed by atoms with Crippen molar-refractivity contribution >= 4 is 23.4 Å². The Kier molecular flexibility index (Phi) is 8.08. The third-order valence-electron chi connectivity index (χ3n) is 5.61. The van der Waals surface area contributed by atoms with E-state index in [0.717, 1.165) is 11.1 Å². The van der Waals surface area contributed by atoms with Gasteiger partial charge >= 0.3 is 5.97 Å². The van der Waals surface area contributed by atoms with E-state index in [1.54, 1.807) is 31.4 Å². The van der Waals surface area contributed by atoms with Crippen LogP contribution >= 0.6 is 11.3 Å². The zero-order valence-corrected chi connectivity index (χ0v) is 22.2. The third kappa shape index (κ3) is 5.75. The van der Waals surface area contributed by atoms with Crippen LogP contribution in [0.25, 0.3) is 6.08 Å². The van der Waals surface area contributed by atoms with Crippen LogP contribution in [0.1, 0.15) is 44.9 Å². The van der Waals surface area contributed by atoms with Crippen molar-refractivity contribution in [2.24, 2.45) is 4.99 Å². The van der Waals surface area contributed by atoms with Gasteiger partial charge < -0.3 is 14.2 Å². The van der Waals surface area contributed by atoms with Gasteiger partial charge in [-0.2, -0.15) is 0 Å². The number of allylic oxidation sites excluding steroid dienone is 1. The van der Waals surface area contributed by atoms with E-state index in [2.05, 4.69) is 11.6 Å². The van der Waals surface area contributed by atoms with Crippen LogP contribution in [0.3, 0.4) is 0 Å². The molecule has 1 aliphatic rings. The highest BCUT2D eigenvalue weighted by Crippen LogP contribution is 2.32. The smallest absolute Gasteiger partial charge is 0.338 e. The Morgan fingerprint density at radius 1 is 1.16 bits per heavy atom. The van der Waals surface area contributed by atoms with Crippen LogP contribution < -0.4 is 24.4 Å². The molecule has 0 unspecified atom stereocenters. The van der Waals surface area contributed by atoms with Crippen LogP contribution in [0.2, 0.25) is 0 Å². The molecular weight excluding hydrogens is 488 g/mol. The van der Waals surface area contributed by atoms with E-state index in [1.807, 2.05) is 61.5 Å². The van der Waals surface area contributed by atoms with Crippen molar-refractivity contribution in [2.75, 3.05) is 13.2 Å². The Morgan fingerprint density at radius 2 is 1.92 bits per heavy atom. The fraction of sp³-hybridized carbons (Fsp3) is 0.276. The molecule has 1 atom stereocenters. The number of nitrogens with zero attached hydrogens (tertiary/aromatic N) is 2. The maximum atomic E-state index is 13.8. The number of thiazole rings is 1. The summed E-state index contributed by atoms with van der Waals surface area (Å²) < 4.78 is 18.8. The summed E-state index contributed by atoms with van der Waals surface area (Å²) in [6.07, 6.45) is 3.18. The summed E-state index contributed by atoms with van der Waals surface area (Å²) >= 11 is 1.28. The van der Waals surface area contributed by atoms with Crippen molar-refractivity contribution in [1.82, 2.24) is 4.57 Å². The van der Waals surface area contributed by atoms with Gasteiger partial charge in [-0.15, -0.1) is 0 Å². The largest absolute Gasteiger partial charge is 0.494 e. The van der Waals surface area contributed by atoms with Crippen molar-refractivity contribution in [3.8, 4) is 11.5 Å². The summed E-state index contributed by atoms with van der Waals surface area (Å²) in [5.41, 5.74) is 2.22. The molecule has 0 amide bonds. The number of carbonyl (C=O) groups excluding carboxylic acids is 1. The molecule has 0 radical (unpaired) electrons. The average Bonchev–Trinajstić information content (AvgIpc) is 3.16. The number of aromatic nitrogens is 1. The molecule has 0 bridgehead atoms. The molecule has 0 fully saturated rings. The Labute approximate surface area is 219 Å². The molecular formula is C29H30N2O5S. The predicted molar refractivity (Wildman–Crippen MR) is 145 cm³/mol. The first-order chi connectivity index (χ1) is 17.8. The van der Waals surface area contributed by atoms with Crippen molar-refractivity contribution < 1.29 is 19.0 Å². The zero-order chi connectivity index (χ0) is 26.5. The van der Waals surface area contributed by atoms with E-state index in [9.17, 15) is 9.59 Å². The Balaban J connectivity index is 1.86. The molecule has 37 heavy (non-hydrogen) atoms. The van der Waals surface area contributed by atoms with Gasteiger partial charge in [-0.1, -0.05) is 48.3 Å². The van der Waals surface area contributed by atoms with Gasteiger partial charge in [0.1, 0.15) is 18.1 Å². The van der Waals surface area contributed by atoms with Gasteiger partial charge in [-0.25, -0.2) is 9.79 Å². The highest BCUT2D eigenvalue weighted by atomic mass is 32.1. The molecule has 2 heterocycles. The number of carbonyl (C=O) groups is 1. The topological polar surface area (TPSA) is 79.1 Å². The van der Waals surface area contributed by atoms with Crippen LogP contribution in [-0.4, -0.2) is 29.9 Å². The normalized spacial score (nSPS) is 15.3. The zero-order valence-electron chi connectivity index (χ0n) is 21.4. The maximum Gasteiger partial charge on any atom is 0.338 e. The summed E-state index contributed by atoms with van der Waals surface area (Å²) in [6, 6.07) is 14.2. The molecule has 7 nitrogen and oxygen atoms in total. The fourth-order valence-corrected chi connectivity index (χ4v) is 5.14. The predicted octanol–water partition coefficient (Wildman–Crippen LogP) is 4.15. The molecule has 0 saturated carbocycles. The Bertz CT molecular complexity index is 1510. The molecule has 1 aromatic heterocycles. The number of esters is 1. The summed E-state index contributed by atoms with van der Waals surface area (Å²) in [5.74, 6) is 0.906. The number of benzene rings is 2. The second-order valence-corrected chi connectivity index (χ2v) is 9.72. The molecule has 3 aromatic rings. The monoisotopic (exact) mass is 518 g/mol. The molecule has 1 aliphatic heterocycles. The minimum Gasteiger partial charge on any atom is -0.494 e. The molecule has 192 valence electrons. The second-order valence-electron chi connectivity index (χ2n) is 8.71. The lowest BCUT2D eigenvalue weighted by atomic mass is 9.96. The minimum atomic E-state index is -0.678. The quantitative estimate of drug-likeness (QED) is 0.314. The van der Waals surface area contributed by atoms with Crippen LogP contribution in [0, 0.1) is 0 Å². The lowest BCUT2D eigenvalue weighted by Crippen LogP contribution is -2.40. The first kappa shape index (κ1) is 26.2. The molecule has 0 spiro atoms. The lowest BCUT2D eigenvalue weighted by Gasteiger charge is -2.25. The van der Waals surface area contributed by atoms with Crippen LogP contribution in [0.4, 0.5) is 0 Å². The van der Waals surface area contributed by atoms with Crippen molar-refractivity contribution in [2.45, 2.75) is 39.8 Å². The van der Waals surface area contributed by atoms with Gasteiger partial charge in [0.2, 0.25) is 0 Å². The first-order valence-electron chi connectivity index (χ1n) is 12.1. The molecule has 2 aromatic carbocycles. The standard InChI is InChI=1S/C29H30N2O5S/c1-6-15-35-23-10-8-9-20(16-23)17-24-27(32)31-26(21-11-13-22(14-12-21)34-7-2)25(28(33)36-18(3)4)19(5)30-29(31)37-24/h6,8-14,16-18,26H,1,7,15H2,2-5H3/b24-17+/t26-/m0/s1. The maximum absolute atomic E-state index is 13.8. The van der Waals surface area contributed by atoms with E-state index < -0.39 is 12.0 Å². The number of fused-ring (bicyclic) bond motifs is 1. The third-order valence-corrected chi connectivity index (χ3v) is 6.60. The molecule has 4 rings (SSSR count). The number of hydrogen-bond donors (Lipinski definition) is 0. The summed E-state index contributed by atoms with van der Waals surface area (Å²) in [5, 5.41) is 0. The SMILES string of the molecule is C=CCOc1cccc(/C=c2/sc3n(c2=O)[C@@H](c2ccc(OCC)cc2)C(C(=O)OC(C)C)=C(C)N=3)c1. The van der Waals surface area contributed by atoms with Gasteiger partial charge in [-0.05, 0) is 69.2 Å². The highest BCUT2D eigenvalue weighted by Gasteiger charge is 2.33. The van der Waals surface area contributed by atoms with Crippen LogP contribution in [0.5, 0.6) is 11.5 Å². The molecule has 0 saturated heterocycles. The summed E-state index contributed by atoms with van der Waals surface area (Å²) in [6.45, 7) is 11.9. The van der Waals surface area contributed by atoms with Crippen molar-refractivity contribution in [3.05, 3.63) is 103 Å². The highest BCUT2D eigenvalue weighted by molar-refractivity contribution is 7.07. The van der Waals surface area contributed by atoms with Gasteiger partial charge in [0, 0.05) is 0 Å². The van der Waals surface area contributed by atoms with Crippen molar-refractivity contribution in [1.29, 1.82) is 0 Å². The molecule has 8 heteroatoms. The first-order valence-corrected chi connectivity index (χ1v) is 12.9. The van der Waals surface area contributed by atoms with Crippen LogP contribution in [0.15, 0.2) is 82.2 Å². The lowest BCUT2D eigenvalue weighted by molar-refractivity contribution is -0.143. The van der Waals surface area contributed by atoms with Crippen molar-refractivity contribution in [3.63, 3.8) is 0 Å². The average molecular weight is 519 g/mol. The van der Waals surface area contributed by atoms with E-state index in [0.29, 0.717) is 45.3 Å². The number of rotatable bonds is 9. The van der Waals surface area contributed by atoms with Gasteiger partial charge in [0.05, 0.1) is 34.6 Å². The fourth-order valence-electron chi connectivity index (χ4n) is 4.09. The van der Waals surface area contributed by atoms with Gasteiger partial charge in [0.25, 0.3) is 5.56 Å². The minimum absolute atomic E-state index is 0.234. The molecule has 0 N–H and O–H groups in total. The van der Waals surface area contributed by atoms with Crippen LogP contribution in [-0.2, 0) is 9.53 Å². The Hall–Kier alpha value is -3.91. The van der Waals surface area contributed by atoms with E-state index in [-0.39, 0.29) is 11.7 Å². The second kappa shape index (κ2) is 11.4. The van der Waals surface area contributed by atoms with Gasteiger partial charge in [0.15, 0.2) is 4.80 Å². The van der Waals surface area contributed by atoms with E-state index >= 15 is 0 Å². The number of hydrogen-bond acceptors (Lipinski definition) is 7.